The number of nitrogens with zero attached hydrogens (tertiary/aromatic N) is 2. The van der Waals surface area contributed by atoms with Gasteiger partial charge in [-0.3, -0.25) is 14.4 Å². The van der Waals surface area contributed by atoms with Crippen molar-refractivity contribution < 1.29 is 19.1 Å². The number of halogens is 1. The smallest absolute Gasteiger partial charge is 0.257 e. The van der Waals surface area contributed by atoms with E-state index in [-0.39, 0.29) is 30.2 Å². The van der Waals surface area contributed by atoms with Crippen molar-refractivity contribution in [2.75, 3.05) is 18.1 Å². The number of benzene rings is 1. The monoisotopic (exact) mass is 470 g/mol. The number of ether oxygens (including phenoxy) is 1. The van der Waals surface area contributed by atoms with Crippen molar-refractivity contribution in [1.29, 1.82) is 0 Å². The Hall–Kier alpha value is -1.48. The molecule has 7 heteroatoms. The molecule has 2 aliphatic rings. The van der Waals surface area contributed by atoms with E-state index in [1.165, 1.54) is 4.90 Å². The van der Waals surface area contributed by atoms with Crippen molar-refractivity contribution >= 4 is 46.0 Å². The van der Waals surface area contributed by atoms with Crippen molar-refractivity contribution in [3.05, 3.63) is 27.8 Å². The molecule has 1 aromatic carbocycles. The number of amides is 3. The second kappa shape index (κ2) is 8.47. The molecule has 140 valence electrons. The lowest BCUT2D eigenvalue weighted by atomic mass is 10.1. The topological polar surface area (TPSA) is 66.9 Å². The number of hydrogen-bond acceptors (Lipinski definition) is 4. The molecule has 0 N–H and O–H groups in total. The maximum absolute atomic E-state index is 13.0. The van der Waals surface area contributed by atoms with Crippen molar-refractivity contribution in [2.24, 2.45) is 0 Å². The molecule has 2 fully saturated rings. The lowest BCUT2D eigenvalue weighted by Gasteiger charge is -2.29. The second-order valence-electron chi connectivity index (χ2n) is 6.69. The number of anilines is 1. The van der Waals surface area contributed by atoms with E-state index in [4.69, 9.17) is 4.74 Å². The first-order valence-corrected chi connectivity index (χ1v) is 10.1. The van der Waals surface area contributed by atoms with E-state index in [1.807, 2.05) is 19.1 Å². The highest BCUT2D eigenvalue weighted by Gasteiger charge is 2.44. The Kier molecular flexibility index (Phi) is 6.29. The average Bonchev–Trinajstić information content (AvgIpc) is 3.22. The molecule has 2 heterocycles. The summed E-state index contributed by atoms with van der Waals surface area (Å²) < 4.78 is 6.68. The van der Waals surface area contributed by atoms with Gasteiger partial charge in [-0.15, -0.1) is 0 Å². The van der Waals surface area contributed by atoms with E-state index in [2.05, 4.69) is 22.6 Å². The van der Waals surface area contributed by atoms with E-state index in [9.17, 15) is 14.4 Å². The average molecular weight is 470 g/mol. The van der Waals surface area contributed by atoms with Crippen molar-refractivity contribution in [1.82, 2.24) is 4.90 Å². The van der Waals surface area contributed by atoms with Crippen LogP contribution in [0.2, 0.25) is 0 Å². The molecule has 2 atom stereocenters. The normalized spacial score (nSPS) is 22.9. The van der Waals surface area contributed by atoms with Gasteiger partial charge in [0.1, 0.15) is 6.04 Å². The van der Waals surface area contributed by atoms with Crippen molar-refractivity contribution in [3.63, 3.8) is 0 Å². The molecule has 0 saturated carbocycles. The Morgan fingerprint density at radius 3 is 2.65 bits per heavy atom. The Morgan fingerprint density at radius 2 is 2.04 bits per heavy atom. The molecule has 2 unspecified atom stereocenters. The second-order valence-corrected chi connectivity index (χ2v) is 7.94. The molecular weight excluding hydrogens is 447 g/mol. The molecule has 3 rings (SSSR count). The van der Waals surface area contributed by atoms with E-state index < -0.39 is 6.04 Å². The zero-order chi connectivity index (χ0) is 18.7. The predicted octanol–water partition coefficient (Wildman–Crippen LogP) is 2.73. The van der Waals surface area contributed by atoms with Gasteiger partial charge >= 0.3 is 0 Å². The minimum absolute atomic E-state index is 0.0347. The summed E-state index contributed by atoms with van der Waals surface area (Å²) >= 11 is 2.18. The fraction of sp³-hybridized carbons (Fsp3) is 0.526. The maximum atomic E-state index is 13.0. The van der Waals surface area contributed by atoms with Gasteiger partial charge in [-0.05, 0) is 66.1 Å². The minimum atomic E-state index is -0.731. The van der Waals surface area contributed by atoms with Crippen LogP contribution in [0.1, 0.15) is 39.0 Å². The highest BCUT2D eigenvalue weighted by atomic mass is 127. The van der Waals surface area contributed by atoms with Crippen molar-refractivity contribution in [3.8, 4) is 0 Å². The molecule has 0 radical (unpaired) electrons. The number of carbonyl (C=O) groups excluding carboxylic acids is 3. The maximum Gasteiger partial charge on any atom is 0.257 e. The van der Waals surface area contributed by atoms with Crippen LogP contribution in [-0.2, 0) is 19.1 Å². The Bertz CT molecular complexity index is 685. The zero-order valence-electron chi connectivity index (χ0n) is 14.8. The molecule has 26 heavy (non-hydrogen) atoms. The van der Waals surface area contributed by atoms with Gasteiger partial charge in [0.2, 0.25) is 11.8 Å². The highest BCUT2D eigenvalue weighted by molar-refractivity contribution is 14.1. The first kappa shape index (κ1) is 19.3. The highest BCUT2D eigenvalue weighted by Crippen LogP contribution is 2.28. The van der Waals surface area contributed by atoms with Crippen LogP contribution in [0.4, 0.5) is 5.69 Å². The molecule has 0 aliphatic carbocycles. The van der Waals surface area contributed by atoms with Gasteiger partial charge in [-0.1, -0.05) is 6.92 Å². The third-order valence-electron chi connectivity index (χ3n) is 4.79. The SMILES string of the molecule is CCCC(=O)N(CC1CCCO1)C1CC(=O)N(c2ccc(I)cc2)C1=O. The van der Waals surface area contributed by atoms with Crippen molar-refractivity contribution in [2.45, 2.75) is 51.2 Å². The molecule has 3 amide bonds. The summed E-state index contributed by atoms with van der Waals surface area (Å²) in [7, 11) is 0. The Morgan fingerprint density at radius 1 is 1.31 bits per heavy atom. The van der Waals surface area contributed by atoms with Gasteiger partial charge in [0.15, 0.2) is 0 Å². The van der Waals surface area contributed by atoms with Gasteiger partial charge in [0.25, 0.3) is 5.91 Å². The first-order chi connectivity index (χ1) is 12.5. The fourth-order valence-electron chi connectivity index (χ4n) is 3.49. The van der Waals surface area contributed by atoms with Crippen LogP contribution in [0.5, 0.6) is 0 Å². The fourth-order valence-corrected chi connectivity index (χ4v) is 3.85. The summed E-state index contributed by atoms with van der Waals surface area (Å²) in [5.74, 6) is -0.667. The zero-order valence-corrected chi connectivity index (χ0v) is 17.0. The molecular formula is C19H23IN2O4. The number of rotatable bonds is 6. The summed E-state index contributed by atoms with van der Waals surface area (Å²) in [6.45, 7) is 3.00. The lowest BCUT2D eigenvalue weighted by molar-refractivity contribution is -0.140. The van der Waals surface area contributed by atoms with Gasteiger partial charge in [0.05, 0.1) is 18.2 Å². The number of carbonyl (C=O) groups is 3. The summed E-state index contributed by atoms with van der Waals surface area (Å²) in [6, 6.07) is 6.51. The predicted molar refractivity (Wildman–Crippen MR) is 106 cm³/mol. The van der Waals surface area contributed by atoms with E-state index in [0.29, 0.717) is 31.7 Å². The van der Waals surface area contributed by atoms with Gasteiger partial charge in [0, 0.05) is 23.1 Å². The third-order valence-corrected chi connectivity index (χ3v) is 5.51. The Labute approximate surface area is 167 Å². The van der Waals surface area contributed by atoms with Gasteiger partial charge in [-0.2, -0.15) is 0 Å². The summed E-state index contributed by atoms with van der Waals surface area (Å²) in [4.78, 5) is 41.0. The quantitative estimate of drug-likeness (QED) is 0.474. The van der Waals surface area contributed by atoms with Crippen LogP contribution < -0.4 is 4.90 Å². The molecule has 0 aromatic heterocycles. The largest absolute Gasteiger partial charge is 0.376 e. The molecule has 1 aromatic rings. The number of imide groups is 1. The van der Waals surface area contributed by atoms with Gasteiger partial charge < -0.3 is 9.64 Å². The molecule has 2 aliphatic heterocycles. The summed E-state index contributed by atoms with van der Waals surface area (Å²) in [6.07, 6.45) is 2.90. The minimum Gasteiger partial charge on any atom is -0.376 e. The standard InChI is InChI=1S/C19H23IN2O4/c1-2-4-17(23)21(12-15-5-3-10-26-15)16-11-18(24)22(19(16)25)14-8-6-13(20)7-9-14/h6-9,15-16H,2-5,10-12H2,1H3. The summed E-state index contributed by atoms with van der Waals surface area (Å²) in [5.41, 5.74) is 0.558. The summed E-state index contributed by atoms with van der Waals surface area (Å²) in [5, 5.41) is 0. The first-order valence-electron chi connectivity index (χ1n) is 9.04. The Balaban J connectivity index is 1.81. The van der Waals surface area contributed by atoms with Crippen LogP contribution >= 0.6 is 22.6 Å². The van der Waals surface area contributed by atoms with Crippen LogP contribution in [0.15, 0.2) is 24.3 Å². The van der Waals surface area contributed by atoms with E-state index in [0.717, 1.165) is 16.4 Å². The molecule has 0 spiro atoms. The van der Waals surface area contributed by atoms with Gasteiger partial charge in [-0.25, -0.2) is 4.90 Å². The number of hydrogen-bond donors (Lipinski definition) is 0. The molecule has 0 bridgehead atoms. The lowest BCUT2D eigenvalue weighted by Crippen LogP contribution is -2.48. The third kappa shape index (κ3) is 4.09. The molecule has 2 saturated heterocycles. The van der Waals surface area contributed by atoms with E-state index in [1.54, 1.807) is 17.0 Å². The van der Waals surface area contributed by atoms with Crippen LogP contribution in [0.25, 0.3) is 0 Å². The van der Waals surface area contributed by atoms with E-state index >= 15 is 0 Å². The van der Waals surface area contributed by atoms with Crippen LogP contribution in [-0.4, -0.2) is 47.9 Å². The molecule has 6 nitrogen and oxygen atoms in total. The van der Waals surface area contributed by atoms with Crippen LogP contribution in [0, 0.1) is 3.57 Å². The van der Waals surface area contributed by atoms with Crippen LogP contribution in [0.3, 0.4) is 0 Å².